The molecule has 3 nitrogen and oxygen atoms in total. The van der Waals surface area contributed by atoms with Crippen LogP contribution in [0.25, 0.3) is 11.5 Å². The highest BCUT2D eigenvalue weighted by atomic mass is 35.5. The average molecular weight is 180 g/mol. The van der Waals surface area contributed by atoms with E-state index in [-0.39, 0.29) is 0 Å². The van der Waals surface area contributed by atoms with E-state index in [4.69, 9.17) is 16.1 Å². The maximum atomic E-state index is 5.76. The first-order valence-electron chi connectivity index (χ1n) is 3.32. The molecule has 0 atom stereocenters. The highest BCUT2D eigenvalue weighted by molar-refractivity contribution is 6.30. The first-order chi connectivity index (χ1) is 5.86. The molecule has 0 aliphatic rings. The molecule has 0 fully saturated rings. The van der Waals surface area contributed by atoms with Gasteiger partial charge in [-0.15, -0.1) is 0 Å². The highest BCUT2D eigenvalue weighted by Gasteiger charge is 2.02. The van der Waals surface area contributed by atoms with E-state index >= 15 is 0 Å². The van der Waals surface area contributed by atoms with Crippen LogP contribution < -0.4 is 0 Å². The standard InChI is InChI=1S/C8H4ClN2O/c9-7-3-1-2-6(4-7)8-10-5-11-12-8/h1-4H. The Morgan fingerprint density at radius 3 is 3.00 bits per heavy atom. The summed E-state index contributed by atoms with van der Waals surface area (Å²) in [7, 11) is 0. The molecule has 4 heteroatoms. The molecule has 1 radical (unpaired) electrons. The first kappa shape index (κ1) is 7.31. The van der Waals surface area contributed by atoms with Crippen molar-refractivity contribution in [1.29, 1.82) is 0 Å². The Hall–Kier alpha value is -1.35. The van der Waals surface area contributed by atoms with E-state index < -0.39 is 0 Å². The third-order valence-electron chi connectivity index (χ3n) is 1.40. The van der Waals surface area contributed by atoms with Crippen molar-refractivity contribution in [3.8, 4) is 11.5 Å². The number of nitrogens with zero attached hydrogens (tertiary/aromatic N) is 2. The molecule has 59 valence electrons. The molecule has 0 unspecified atom stereocenters. The van der Waals surface area contributed by atoms with E-state index in [1.54, 1.807) is 12.1 Å². The van der Waals surface area contributed by atoms with Gasteiger partial charge in [0.05, 0.1) is 0 Å². The fourth-order valence-electron chi connectivity index (χ4n) is 0.889. The molecule has 1 aromatic carbocycles. The van der Waals surface area contributed by atoms with Crippen LogP contribution in [0, 0.1) is 6.33 Å². The zero-order valence-corrected chi connectivity index (χ0v) is 6.75. The second-order valence-corrected chi connectivity index (χ2v) is 2.65. The normalized spacial score (nSPS) is 10.1. The molecule has 0 saturated heterocycles. The largest absolute Gasteiger partial charge is 0.333 e. The van der Waals surface area contributed by atoms with Crippen LogP contribution in [0.5, 0.6) is 0 Å². The highest BCUT2D eigenvalue weighted by Crippen LogP contribution is 2.19. The van der Waals surface area contributed by atoms with Crippen molar-refractivity contribution in [3.05, 3.63) is 35.6 Å². The number of hydrogen-bond donors (Lipinski definition) is 0. The molecule has 1 aromatic heterocycles. The van der Waals surface area contributed by atoms with Gasteiger partial charge in [0.1, 0.15) is 0 Å². The maximum Gasteiger partial charge on any atom is 0.258 e. The van der Waals surface area contributed by atoms with Crippen molar-refractivity contribution in [2.45, 2.75) is 0 Å². The van der Waals surface area contributed by atoms with Crippen molar-refractivity contribution in [3.63, 3.8) is 0 Å². The molecule has 0 bridgehead atoms. The summed E-state index contributed by atoms with van der Waals surface area (Å²) < 4.78 is 4.80. The lowest BCUT2D eigenvalue weighted by atomic mass is 10.2. The lowest BCUT2D eigenvalue weighted by molar-refractivity contribution is 0.429. The lowest BCUT2D eigenvalue weighted by Crippen LogP contribution is -1.75. The van der Waals surface area contributed by atoms with Crippen molar-refractivity contribution < 1.29 is 4.52 Å². The third-order valence-corrected chi connectivity index (χ3v) is 1.63. The summed E-state index contributed by atoms with van der Waals surface area (Å²) in [5, 5.41) is 4.02. The van der Waals surface area contributed by atoms with Crippen LogP contribution in [-0.4, -0.2) is 10.1 Å². The van der Waals surface area contributed by atoms with Gasteiger partial charge in [-0.05, 0) is 18.2 Å². The molecule has 2 aromatic rings. The maximum absolute atomic E-state index is 5.76. The summed E-state index contributed by atoms with van der Waals surface area (Å²) in [5.74, 6) is 0.428. The van der Waals surface area contributed by atoms with Crippen LogP contribution in [-0.2, 0) is 0 Å². The molecule has 0 N–H and O–H groups in total. The molecular weight excluding hydrogens is 176 g/mol. The van der Waals surface area contributed by atoms with Crippen LogP contribution in [0.15, 0.2) is 28.8 Å². The van der Waals surface area contributed by atoms with Gasteiger partial charge in [0, 0.05) is 10.6 Å². The fourth-order valence-corrected chi connectivity index (χ4v) is 1.08. The monoisotopic (exact) mass is 179 g/mol. The lowest BCUT2D eigenvalue weighted by Gasteiger charge is -1.92. The number of halogens is 1. The van der Waals surface area contributed by atoms with Gasteiger partial charge >= 0.3 is 0 Å². The van der Waals surface area contributed by atoms with Crippen LogP contribution in [0.3, 0.4) is 0 Å². The van der Waals surface area contributed by atoms with Gasteiger partial charge in [-0.2, -0.15) is 4.98 Å². The predicted octanol–water partition coefficient (Wildman–Crippen LogP) is 2.19. The molecular formula is C8H4ClN2O. The van der Waals surface area contributed by atoms with Gasteiger partial charge in [0.15, 0.2) is 0 Å². The minimum absolute atomic E-state index is 0.428. The van der Waals surface area contributed by atoms with Crippen molar-refractivity contribution >= 4 is 11.6 Å². The number of aromatic nitrogens is 2. The molecule has 0 aliphatic carbocycles. The summed E-state index contributed by atoms with van der Waals surface area (Å²) in [6.07, 6.45) is 2.34. The third kappa shape index (κ3) is 1.31. The number of hydrogen-bond acceptors (Lipinski definition) is 3. The van der Waals surface area contributed by atoms with E-state index in [9.17, 15) is 0 Å². The van der Waals surface area contributed by atoms with Crippen molar-refractivity contribution in [2.24, 2.45) is 0 Å². The van der Waals surface area contributed by atoms with E-state index in [1.165, 1.54) is 0 Å². The predicted molar refractivity (Wildman–Crippen MR) is 43.6 cm³/mol. The van der Waals surface area contributed by atoms with Gasteiger partial charge in [0.25, 0.3) is 5.89 Å². The summed E-state index contributed by atoms with van der Waals surface area (Å²) in [6, 6.07) is 7.20. The molecule has 1 heterocycles. The zero-order chi connectivity index (χ0) is 8.39. The summed E-state index contributed by atoms with van der Waals surface area (Å²) in [4.78, 5) is 3.77. The molecule has 12 heavy (non-hydrogen) atoms. The minimum Gasteiger partial charge on any atom is -0.333 e. The average Bonchev–Trinajstić information content (AvgIpc) is 2.56. The van der Waals surface area contributed by atoms with Gasteiger partial charge < -0.3 is 4.52 Å². The van der Waals surface area contributed by atoms with Gasteiger partial charge in [0.2, 0.25) is 6.33 Å². The summed E-state index contributed by atoms with van der Waals surface area (Å²) in [5.41, 5.74) is 0.802. The van der Waals surface area contributed by atoms with E-state index in [0.29, 0.717) is 10.9 Å². The van der Waals surface area contributed by atoms with Crippen LogP contribution in [0.1, 0.15) is 0 Å². The Labute approximate surface area is 74.0 Å². The Balaban J connectivity index is 2.48. The molecule has 0 saturated carbocycles. The quantitative estimate of drug-likeness (QED) is 0.674. The Morgan fingerprint density at radius 1 is 1.42 bits per heavy atom. The number of rotatable bonds is 1. The molecule has 0 amide bonds. The van der Waals surface area contributed by atoms with E-state index in [0.717, 1.165) is 5.56 Å². The topological polar surface area (TPSA) is 38.9 Å². The van der Waals surface area contributed by atoms with Crippen LogP contribution in [0.2, 0.25) is 5.02 Å². The van der Waals surface area contributed by atoms with Crippen LogP contribution in [0.4, 0.5) is 0 Å². The van der Waals surface area contributed by atoms with E-state index in [2.05, 4.69) is 16.5 Å². The SMILES string of the molecule is Clc1cccc(-c2n[c]no2)c1. The van der Waals surface area contributed by atoms with Crippen molar-refractivity contribution in [1.82, 2.24) is 10.1 Å². The minimum atomic E-state index is 0.428. The first-order valence-corrected chi connectivity index (χ1v) is 3.70. The Bertz CT molecular complexity index is 372. The smallest absolute Gasteiger partial charge is 0.258 e. The van der Waals surface area contributed by atoms with Crippen molar-refractivity contribution in [2.75, 3.05) is 0 Å². The van der Waals surface area contributed by atoms with E-state index in [1.807, 2.05) is 12.1 Å². The number of benzene rings is 1. The summed E-state index contributed by atoms with van der Waals surface area (Å²) >= 11 is 5.76. The second-order valence-electron chi connectivity index (χ2n) is 2.21. The van der Waals surface area contributed by atoms with Gasteiger partial charge in [-0.25, -0.2) is 0 Å². The second kappa shape index (κ2) is 2.95. The Kier molecular flexibility index (Phi) is 1.80. The molecule has 2 rings (SSSR count). The van der Waals surface area contributed by atoms with Crippen LogP contribution >= 0.6 is 11.6 Å². The zero-order valence-electron chi connectivity index (χ0n) is 5.99. The summed E-state index contributed by atoms with van der Waals surface area (Å²) in [6.45, 7) is 0. The molecule has 0 aliphatic heterocycles. The van der Waals surface area contributed by atoms with Gasteiger partial charge in [-0.3, -0.25) is 0 Å². The molecule has 0 spiro atoms. The van der Waals surface area contributed by atoms with Gasteiger partial charge in [-0.1, -0.05) is 22.8 Å². The Morgan fingerprint density at radius 2 is 2.33 bits per heavy atom. The fraction of sp³-hybridized carbons (Fsp3) is 0.